The molecular weight excluding hydrogens is 248 g/mol. The predicted octanol–water partition coefficient (Wildman–Crippen LogP) is 4.59. The molecule has 0 bridgehead atoms. The topological polar surface area (TPSA) is 26.3 Å². The van der Waals surface area contributed by atoms with Crippen LogP contribution < -0.4 is 0 Å². The Kier molecular flexibility index (Phi) is 5.78. The molecule has 0 spiro atoms. The van der Waals surface area contributed by atoms with Gasteiger partial charge >= 0.3 is 0 Å². The zero-order chi connectivity index (χ0) is 14.4. The highest BCUT2D eigenvalue weighted by atomic mass is 16.5. The van der Waals surface area contributed by atoms with Gasteiger partial charge < -0.3 is 4.74 Å². The van der Waals surface area contributed by atoms with Gasteiger partial charge in [0.1, 0.15) is 6.61 Å². The van der Waals surface area contributed by atoms with Crippen LogP contribution in [0.3, 0.4) is 0 Å². The van der Waals surface area contributed by atoms with Crippen molar-refractivity contribution in [1.82, 2.24) is 0 Å². The monoisotopic (exact) mass is 274 g/mol. The van der Waals surface area contributed by atoms with E-state index in [0.29, 0.717) is 11.8 Å². The molecule has 0 heterocycles. The molecule has 2 heteroatoms. The molecule has 0 amide bonds. The molecule has 20 heavy (non-hydrogen) atoms. The minimum Gasteiger partial charge on any atom is -0.373 e. The van der Waals surface area contributed by atoms with Gasteiger partial charge in [-0.25, -0.2) is 0 Å². The van der Waals surface area contributed by atoms with Gasteiger partial charge in [0.2, 0.25) is 0 Å². The highest BCUT2D eigenvalue weighted by molar-refractivity contribution is 5.97. The van der Waals surface area contributed by atoms with E-state index in [1.165, 1.54) is 37.7 Å². The summed E-state index contributed by atoms with van der Waals surface area (Å²) in [6, 6.07) is 7.92. The molecule has 1 aromatic rings. The van der Waals surface area contributed by atoms with Gasteiger partial charge in [-0.1, -0.05) is 57.4 Å². The van der Waals surface area contributed by atoms with Crippen LogP contribution in [0.2, 0.25) is 0 Å². The van der Waals surface area contributed by atoms with Crippen molar-refractivity contribution in [3.63, 3.8) is 0 Å². The van der Waals surface area contributed by atoms with Gasteiger partial charge in [-0.15, -0.1) is 0 Å². The first-order valence-corrected chi connectivity index (χ1v) is 7.87. The average molecular weight is 274 g/mol. The van der Waals surface area contributed by atoms with E-state index in [2.05, 4.69) is 13.8 Å². The Labute approximate surface area is 122 Å². The molecule has 0 radical (unpaired) electrons. The van der Waals surface area contributed by atoms with Crippen LogP contribution in [0.5, 0.6) is 0 Å². The maximum absolute atomic E-state index is 12.0. The maximum atomic E-state index is 12.0. The summed E-state index contributed by atoms with van der Waals surface area (Å²) in [4.78, 5) is 12.0. The number of ketones is 1. The number of hydrogen-bond donors (Lipinski definition) is 0. The van der Waals surface area contributed by atoms with Crippen LogP contribution in [-0.4, -0.2) is 19.0 Å². The number of rotatable bonds is 6. The lowest BCUT2D eigenvalue weighted by Crippen LogP contribution is -2.17. The highest BCUT2D eigenvalue weighted by Crippen LogP contribution is 2.23. The Morgan fingerprint density at radius 2 is 1.80 bits per heavy atom. The van der Waals surface area contributed by atoms with Crippen molar-refractivity contribution in [2.24, 2.45) is 5.92 Å². The normalized spacial score (nSPS) is 16.6. The first-order valence-electron chi connectivity index (χ1n) is 7.87. The Morgan fingerprint density at radius 1 is 1.15 bits per heavy atom. The van der Waals surface area contributed by atoms with E-state index in [9.17, 15) is 4.79 Å². The lowest BCUT2D eigenvalue weighted by Gasteiger charge is -2.21. The van der Waals surface area contributed by atoms with Crippen LogP contribution in [0.4, 0.5) is 0 Å². The minimum absolute atomic E-state index is 0.0936. The van der Waals surface area contributed by atoms with Crippen LogP contribution >= 0.6 is 0 Å². The molecule has 0 aliphatic heterocycles. The number of ether oxygens (including phenoxy) is 1. The van der Waals surface area contributed by atoms with Crippen molar-refractivity contribution in [3.05, 3.63) is 35.4 Å². The molecule has 1 saturated carbocycles. The van der Waals surface area contributed by atoms with E-state index in [-0.39, 0.29) is 12.4 Å². The zero-order valence-electron chi connectivity index (χ0n) is 12.7. The van der Waals surface area contributed by atoms with Gasteiger partial charge in [-0.05, 0) is 30.2 Å². The summed E-state index contributed by atoms with van der Waals surface area (Å²) < 4.78 is 5.62. The van der Waals surface area contributed by atoms with Gasteiger partial charge in [0.25, 0.3) is 0 Å². The zero-order valence-corrected chi connectivity index (χ0v) is 12.7. The standard InChI is InChI=1S/C18H26O2/c1-14(2)16-8-10-17(11-9-16)18(19)13-20-12-15-6-4-3-5-7-15/h8-11,14-15H,3-7,12-13H2,1-2H3. The van der Waals surface area contributed by atoms with E-state index in [0.717, 1.165) is 12.2 Å². The summed E-state index contributed by atoms with van der Waals surface area (Å²) in [5, 5.41) is 0. The first-order chi connectivity index (χ1) is 9.66. The third kappa shape index (κ3) is 4.45. The van der Waals surface area contributed by atoms with Crippen molar-refractivity contribution in [1.29, 1.82) is 0 Å². The highest BCUT2D eigenvalue weighted by Gasteiger charge is 2.14. The summed E-state index contributed by atoms with van der Waals surface area (Å²) >= 11 is 0. The summed E-state index contributed by atoms with van der Waals surface area (Å²) in [5.41, 5.74) is 2.03. The molecule has 110 valence electrons. The lowest BCUT2D eigenvalue weighted by atomic mass is 9.90. The van der Waals surface area contributed by atoms with E-state index in [1.807, 2.05) is 24.3 Å². The number of carbonyl (C=O) groups is 1. The molecular formula is C18H26O2. The Balaban J connectivity index is 1.76. The van der Waals surface area contributed by atoms with Crippen molar-refractivity contribution >= 4 is 5.78 Å². The van der Waals surface area contributed by atoms with Crippen molar-refractivity contribution < 1.29 is 9.53 Å². The van der Waals surface area contributed by atoms with Crippen LogP contribution in [-0.2, 0) is 4.74 Å². The Hall–Kier alpha value is -1.15. The van der Waals surface area contributed by atoms with E-state index < -0.39 is 0 Å². The summed E-state index contributed by atoms with van der Waals surface area (Å²) in [5.74, 6) is 1.26. The SMILES string of the molecule is CC(C)c1ccc(C(=O)COCC2CCCCC2)cc1. The average Bonchev–Trinajstić information content (AvgIpc) is 2.48. The van der Waals surface area contributed by atoms with Crippen molar-refractivity contribution in [2.45, 2.75) is 51.9 Å². The fourth-order valence-electron chi connectivity index (χ4n) is 2.81. The molecule has 0 N–H and O–H groups in total. The minimum atomic E-state index is 0.0936. The third-order valence-corrected chi connectivity index (χ3v) is 4.21. The number of carbonyl (C=O) groups excluding carboxylic acids is 1. The third-order valence-electron chi connectivity index (χ3n) is 4.21. The molecule has 0 saturated heterocycles. The maximum Gasteiger partial charge on any atom is 0.188 e. The van der Waals surface area contributed by atoms with Gasteiger partial charge in [-0.2, -0.15) is 0 Å². The molecule has 1 fully saturated rings. The largest absolute Gasteiger partial charge is 0.373 e. The van der Waals surface area contributed by atoms with Crippen LogP contribution in [0.25, 0.3) is 0 Å². The number of Topliss-reactive ketones (excluding diaryl/α,β-unsaturated/α-hetero) is 1. The molecule has 0 aromatic heterocycles. The van der Waals surface area contributed by atoms with Crippen molar-refractivity contribution in [2.75, 3.05) is 13.2 Å². The summed E-state index contributed by atoms with van der Waals surface area (Å²) in [6.07, 6.45) is 6.52. The number of benzene rings is 1. The fraction of sp³-hybridized carbons (Fsp3) is 0.611. The van der Waals surface area contributed by atoms with Gasteiger partial charge in [-0.3, -0.25) is 4.79 Å². The molecule has 0 unspecified atom stereocenters. The lowest BCUT2D eigenvalue weighted by molar-refractivity contribution is 0.0628. The Bertz CT molecular complexity index is 414. The second-order valence-electron chi connectivity index (χ2n) is 6.22. The van der Waals surface area contributed by atoms with E-state index >= 15 is 0 Å². The molecule has 1 aromatic carbocycles. The second kappa shape index (κ2) is 7.58. The smallest absolute Gasteiger partial charge is 0.188 e. The molecule has 0 atom stereocenters. The van der Waals surface area contributed by atoms with Gasteiger partial charge in [0, 0.05) is 5.56 Å². The quantitative estimate of drug-likeness (QED) is 0.709. The van der Waals surface area contributed by atoms with Gasteiger partial charge in [0.15, 0.2) is 5.78 Å². The Morgan fingerprint density at radius 3 is 2.40 bits per heavy atom. The summed E-state index contributed by atoms with van der Waals surface area (Å²) in [6.45, 7) is 5.28. The van der Waals surface area contributed by atoms with Crippen molar-refractivity contribution in [3.8, 4) is 0 Å². The van der Waals surface area contributed by atoms with Gasteiger partial charge in [0.05, 0.1) is 6.61 Å². The fourth-order valence-corrected chi connectivity index (χ4v) is 2.81. The molecule has 1 aliphatic carbocycles. The van der Waals surface area contributed by atoms with E-state index in [4.69, 9.17) is 4.74 Å². The predicted molar refractivity (Wildman–Crippen MR) is 82.3 cm³/mol. The van der Waals surface area contributed by atoms with Crippen LogP contribution in [0.15, 0.2) is 24.3 Å². The second-order valence-corrected chi connectivity index (χ2v) is 6.22. The molecule has 2 nitrogen and oxygen atoms in total. The van der Waals surface area contributed by atoms with Crippen LogP contribution in [0.1, 0.15) is 67.8 Å². The summed E-state index contributed by atoms with van der Waals surface area (Å²) in [7, 11) is 0. The molecule has 1 aliphatic rings. The number of hydrogen-bond acceptors (Lipinski definition) is 2. The first kappa shape index (κ1) is 15.2. The molecule has 2 rings (SSSR count). The van der Waals surface area contributed by atoms with Crippen LogP contribution in [0, 0.1) is 5.92 Å². The van der Waals surface area contributed by atoms with E-state index in [1.54, 1.807) is 0 Å².